The maximum atomic E-state index is 12.8. The van der Waals surface area contributed by atoms with Crippen molar-refractivity contribution in [1.29, 1.82) is 0 Å². The van der Waals surface area contributed by atoms with Gasteiger partial charge in [-0.15, -0.1) is 0 Å². The third-order valence-corrected chi connectivity index (χ3v) is 6.86. The van der Waals surface area contributed by atoms with Crippen LogP contribution in [0, 0.1) is 0 Å². The highest BCUT2D eigenvalue weighted by Gasteiger charge is 2.23. The molecule has 9 heteroatoms. The molecular formula is C22H26N4O4S. The van der Waals surface area contributed by atoms with Crippen molar-refractivity contribution in [2.45, 2.75) is 25.2 Å². The summed E-state index contributed by atoms with van der Waals surface area (Å²) in [4.78, 5) is 12.7. The number of nitrogens with zero attached hydrogens (tertiary/aromatic N) is 3. The van der Waals surface area contributed by atoms with Crippen molar-refractivity contribution in [2.75, 3.05) is 25.5 Å². The Balaban J connectivity index is 1.79. The van der Waals surface area contributed by atoms with Gasteiger partial charge in [0.2, 0.25) is 15.9 Å². The van der Waals surface area contributed by atoms with Crippen molar-refractivity contribution in [3.05, 3.63) is 66.5 Å². The maximum Gasteiger partial charge on any atom is 0.243 e. The van der Waals surface area contributed by atoms with Crippen LogP contribution in [0.25, 0.3) is 5.69 Å². The minimum atomic E-state index is -3.66. The zero-order chi connectivity index (χ0) is 22.4. The molecule has 0 bridgehead atoms. The van der Waals surface area contributed by atoms with E-state index in [-0.39, 0.29) is 17.2 Å². The van der Waals surface area contributed by atoms with Gasteiger partial charge in [0, 0.05) is 19.3 Å². The number of hydrogen-bond donors (Lipinski definition) is 1. The Bertz CT molecular complexity index is 1140. The van der Waals surface area contributed by atoms with E-state index in [1.165, 1.54) is 23.5 Å². The second-order valence-corrected chi connectivity index (χ2v) is 8.74. The lowest BCUT2D eigenvalue weighted by Gasteiger charge is -2.19. The summed E-state index contributed by atoms with van der Waals surface area (Å²) in [5.41, 5.74) is 1.92. The number of ether oxygens (including phenoxy) is 1. The molecule has 2 aromatic carbocycles. The van der Waals surface area contributed by atoms with Gasteiger partial charge < -0.3 is 10.1 Å². The van der Waals surface area contributed by atoms with Crippen LogP contribution in [0.15, 0.2) is 65.8 Å². The average Bonchev–Trinajstić information content (AvgIpc) is 3.23. The molecule has 0 aliphatic rings. The molecule has 1 heterocycles. The molecule has 0 aliphatic heterocycles. The highest BCUT2D eigenvalue weighted by atomic mass is 32.2. The Labute approximate surface area is 182 Å². The van der Waals surface area contributed by atoms with Crippen LogP contribution in [0.1, 0.15) is 19.4 Å². The van der Waals surface area contributed by atoms with Crippen molar-refractivity contribution < 1.29 is 17.9 Å². The quantitative estimate of drug-likeness (QED) is 0.550. The number of amides is 1. The highest BCUT2D eigenvalue weighted by Crippen LogP contribution is 2.29. The fraction of sp³-hybridized carbons (Fsp3) is 0.273. The second kappa shape index (κ2) is 9.76. The molecule has 164 valence electrons. The van der Waals surface area contributed by atoms with Crippen LogP contribution in [0.5, 0.6) is 5.75 Å². The Morgan fingerprint density at radius 2 is 1.84 bits per heavy atom. The number of nitrogens with one attached hydrogen (secondary N) is 1. The number of rotatable bonds is 9. The molecule has 0 fully saturated rings. The monoisotopic (exact) mass is 442 g/mol. The van der Waals surface area contributed by atoms with E-state index >= 15 is 0 Å². The van der Waals surface area contributed by atoms with E-state index in [2.05, 4.69) is 10.4 Å². The molecule has 0 saturated heterocycles. The summed E-state index contributed by atoms with van der Waals surface area (Å²) in [5.74, 6) is 0.0788. The van der Waals surface area contributed by atoms with E-state index in [0.717, 1.165) is 11.3 Å². The number of benzene rings is 2. The Kier molecular flexibility index (Phi) is 7.09. The third-order valence-electron chi connectivity index (χ3n) is 4.81. The zero-order valence-electron chi connectivity index (χ0n) is 17.8. The molecule has 0 atom stereocenters. The predicted molar refractivity (Wildman–Crippen MR) is 119 cm³/mol. The first-order valence-electron chi connectivity index (χ1n) is 9.96. The molecule has 31 heavy (non-hydrogen) atoms. The first-order valence-corrected chi connectivity index (χ1v) is 11.4. The standard InChI is InChI=1S/C22H26N4O4S/c1-4-25(5-2)31(28,29)19-11-12-21(30-3)20(14-19)24-22(27)13-17-15-23-26(16-17)18-9-7-6-8-10-18/h6-12,14-16H,4-5,13H2,1-3H3,(H,24,27). The lowest BCUT2D eigenvalue weighted by atomic mass is 10.2. The molecule has 0 radical (unpaired) electrons. The molecule has 1 N–H and O–H groups in total. The normalized spacial score (nSPS) is 11.5. The van der Waals surface area contributed by atoms with E-state index in [9.17, 15) is 13.2 Å². The van der Waals surface area contributed by atoms with Crippen LogP contribution in [0.2, 0.25) is 0 Å². The summed E-state index contributed by atoms with van der Waals surface area (Å²) in [5, 5.41) is 7.05. The molecule has 0 aliphatic carbocycles. The third kappa shape index (κ3) is 5.12. The first kappa shape index (κ1) is 22.5. The lowest BCUT2D eigenvalue weighted by Crippen LogP contribution is -2.30. The number of hydrogen-bond acceptors (Lipinski definition) is 5. The summed E-state index contributed by atoms with van der Waals surface area (Å²) in [6.45, 7) is 4.28. The molecular weight excluding hydrogens is 416 g/mol. The number of carbonyl (C=O) groups excluding carboxylic acids is 1. The molecule has 0 unspecified atom stereocenters. The van der Waals surface area contributed by atoms with E-state index < -0.39 is 10.0 Å². The van der Waals surface area contributed by atoms with E-state index in [1.54, 1.807) is 37.0 Å². The number of anilines is 1. The van der Waals surface area contributed by atoms with E-state index in [1.807, 2.05) is 30.3 Å². The van der Waals surface area contributed by atoms with E-state index in [4.69, 9.17) is 4.74 Å². The van der Waals surface area contributed by atoms with Crippen LogP contribution in [0.3, 0.4) is 0 Å². The van der Waals surface area contributed by atoms with Gasteiger partial charge in [-0.1, -0.05) is 32.0 Å². The van der Waals surface area contributed by atoms with Crippen LogP contribution in [-0.2, 0) is 21.2 Å². The number of methoxy groups -OCH3 is 1. The van der Waals surface area contributed by atoms with Crippen LogP contribution in [-0.4, -0.2) is 48.6 Å². The van der Waals surface area contributed by atoms with Gasteiger partial charge in [-0.2, -0.15) is 9.40 Å². The smallest absolute Gasteiger partial charge is 0.243 e. The van der Waals surface area contributed by atoms with Crippen molar-refractivity contribution in [3.8, 4) is 11.4 Å². The van der Waals surface area contributed by atoms with Gasteiger partial charge in [0.1, 0.15) is 5.75 Å². The fourth-order valence-corrected chi connectivity index (χ4v) is 4.70. The molecule has 8 nitrogen and oxygen atoms in total. The first-order chi connectivity index (χ1) is 14.9. The summed E-state index contributed by atoms with van der Waals surface area (Å²) in [6.07, 6.45) is 3.50. The molecule has 0 saturated carbocycles. The molecule has 1 aromatic heterocycles. The number of carbonyl (C=O) groups is 1. The van der Waals surface area contributed by atoms with Gasteiger partial charge in [-0.3, -0.25) is 4.79 Å². The molecule has 0 spiro atoms. The summed E-state index contributed by atoms with van der Waals surface area (Å²) in [6, 6.07) is 14.0. The van der Waals surface area contributed by atoms with Gasteiger partial charge in [-0.25, -0.2) is 13.1 Å². The predicted octanol–water partition coefficient (Wildman–Crippen LogP) is 3.09. The minimum absolute atomic E-state index is 0.0863. The van der Waals surface area contributed by atoms with Gasteiger partial charge in [0.05, 0.1) is 36.0 Å². The van der Waals surface area contributed by atoms with Gasteiger partial charge in [0.15, 0.2) is 0 Å². The Hall–Kier alpha value is -3.17. The number of sulfonamides is 1. The Morgan fingerprint density at radius 3 is 2.48 bits per heavy atom. The number of para-hydroxylation sites is 1. The largest absolute Gasteiger partial charge is 0.495 e. The summed E-state index contributed by atoms with van der Waals surface area (Å²) < 4.78 is 34.0. The molecule has 3 rings (SSSR count). The maximum absolute atomic E-state index is 12.8. The van der Waals surface area contributed by atoms with Gasteiger partial charge in [0.25, 0.3) is 0 Å². The van der Waals surface area contributed by atoms with Crippen LogP contribution in [0.4, 0.5) is 5.69 Å². The van der Waals surface area contributed by atoms with Gasteiger partial charge in [-0.05, 0) is 35.9 Å². The SMILES string of the molecule is CCN(CC)S(=O)(=O)c1ccc(OC)c(NC(=O)Cc2cnn(-c3ccccc3)c2)c1. The highest BCUT2D eigenvalue weighted by molar-refractivity contribution is 7.89. The van der Waals surface area contributed by atoms with Crippen molar-refractivity contribution in [1.82, 2.24) is 14.1 Å². The number of aromatic nitrogens is 2. The molecule has 1 amide bonds. The summed E-state index contributed by atoms with van der Waals surface area (Å²) in [7, 11) is -2.19. The molecule has 3 aromatic rings. The van der Waals surface area contributed by atoms with Crippen LogP contribution >= 0.6 is 0 Å². The second-order valence-electron chi connectivity index (χ2n) is 6.81. The zero-order valence-corrected chi connectivity index (χ0v) is 18.6. The Morgan fingerprint density at radius 1 is 1.13 bits per heavy atom. The fourth-order valence-electron chi connectivity index (χ4n) is 3.21. The van der Waals surface area contributed by atoms with Crippen molar-refractivity contribution in [2.24, 2.45) is 0 Å². The summed E-state index contributed by atoms with van der Waals surface area (Å²) >= 11 is 0. The van der Waals surface area contributed by atoms with Crippen molar-refractivity contribution in [3.63, 3.8) is 0 Å². The minimum Gasteiger partial charge on any atom is -0.495 e. The topological polar surface area (TPSA) is 93.5 Å². The lowest BCUT2D eigenvalue weighted by molar-refractivity contribution is -0.115. The van der Waals surface area contributed by atoms with Crippen LogP contribution < -0.4 is 10.1 Å². The van der Waals surface area contributed by atoms with Crippen molar-refractivity contribution >= 4 is 21.6 Å². The van der Waals surface area contributed by atoms with Gasteiger partial charge >= 0.3 is 0 Å². The average molecular weight is 443 g/mol. The van der Waals surface area contributed by atoms with E-state index in [0.29, 0.717) is 24.5 Å².